The molecule has 3 heterocycles. The van der Waals surface area contributed by atoms with Crippen molar-refractivity contribution in [2.45, 2.75) is 57.7 Å². The van der Waals surface area contributed by atoms with Crippen molar-refractivity contribution in [1.82, 2.24) is 25.0 Å². The van der Waals surface area contributed by atoms with E-state index in [1.807, 2.05) is 17.9 Å². The average Bonchev–Trinajstić information content (AvgIpc) is 3.46. The second-order valence-electron chi connectivity index (χ2n) is 9.67. The van der Waals surface area contributed by atoms with E-state index in [0.29, 0.717) is 19.1 Å². The van der Waals surface area contributed by atoms with Gasteiger partial charge < -0.3 is 15.2 Å². The van der Waals surface area contributed by atoms with Gasteiger partial charge in [0.1, 0.15) is 0 Å². The molecule has 5 rings (SSSR count). The normalized spacial score (nSPS) is 21.6. The molecule has 2 aliphatic heterocycles. The van der Waals surface area contributed by atoms with E-state index in [0.717, 1.165) is 57.5 Å². The molecule has 7 nitrogen and oxygen atoms in total. The summed E-state index contributed by atoms with van der Waals surface area (Å²) in [7, 11) is 0. The molecule has 3 aliphatic rings. The van der Waals surface area contributed by atoms with Crippen LogP contribution in [0.2, 0.25) is 0 Å². The second kappa shape index (κ2) is 9.24. The van der Waals surface area contributed by atoms with Gasteiger partial charge in [-0.2, -0.15) is 0 Å². The molecule has 2 amide bonds. The fourth-order valence-corrected chi connectivity index (χ4v) is 5.54. The highest BCUT2D eigenvalue weighted by atomic mass is 16.2. The molecule has 0 bridgehead atoms. The largest absolute Gasteiger partial charge is 0.358 e. The van der Waals surface area contributed by atoms with Crippen LogP contribution < -0.4 is 5.32 Å². The number of carbonyl (C=O) groups excluding carboxylic acids is 2. The molecular formula is C25H35N5O2. The first-order valence-corrected chi connectivity index (χ1v) is 12.2. The number of hydrogen-bond donors (Lipinski definition) is 2. The molecule has 172 valence electrons. The zero-order valence-electron chi connectivity index (χ0n) is 19.1. The highest BCUT2D eigenvalue weighted by Gasteiger charge is 2.30. The minimum atomic E-state index is -0.101. The molecule has 2 N–H and O–H groups in total. The van der Waals surface area contributed by atoms with E-state index in [9.17, 15) is 9.59 Å². The molecule has 0 radical (unpaired) electrons. The molecule has 7 heteroatoms. The van der Waals surface area contributed by atoms with E-state index in [1.54, 1.807) is 0 Å². The Morgan fingerprint density at radius 3 is 2.62 bits per heavy atom. The van der Waals surface area contributed by atoms with Gasteiger partial charge in [-0.25, -0.2) is 0 Å². The quantitative estimate of drug-likeness (QED) is 0.752. The fourth-order valence-electron chi connectivity index (χ4n) is 5.54. The summed E-state index contributed by atoms with van der Waals surface area (Å²) >= 11 is 0. The number of piperazine rings is 1. The Labute approximate surface area is 190 Å². The highest BCUT2D eigenvalue weighted by molar-refractivity contribution is 5.86. The van der Waals surface area contributed by atoms with Crippen LogP contribution in [0.15, 0.2) is 24.3 Å². The predicted molar refractivity (Wildman–Crippen MR) is 125 cm³/mol. The first-order valence-electron chi connectivity index (χ1n) is 12.2. The first-order chi connectivity index (χ1) is 15.6. The van der Waals surface area contributed by atoms with Crippen LogP contribution in [0.5, 0.6) is 0 Å². The Kier molecular flexibility index (Phi) is 6.20. The van der Waals surface area contributed by atoms with E-state index in [-0.39, 0.29) is 17.9 Å². The Hall–Kier alpha value is -2.38. The van der Waals surface area contributed by atoms with Crippen molar-refractivity contribution < 1.29 is 9.59 Å². The van der Waals surface area contributed by atoms with Gasteiger partial charge in [0, 0.05) is 73.9 Å². The smallest absolute Gasteiger partial charge is 0.237 e. The topological polar surface area (TPSA) is 71.7 Å². The fraction of sp³-hybridized carbons (Fsp3) is 0.600. The van der Waals surface area contributed by atoms with Crippen molar-refractivity contribution in [2.75, 3.05) is 39.3 Å². The van der Waals surface area contributed by atoms with Crippen molar-refractivity contribution in [3.05, 3.63) is 35.5 Å². The summed E-state index contributed by atoms with van der Waals surface area (Å²) in [5, 5.41) is 4.46. The van der Waals surface area contributed by atoms with Crippen molar-refractivity contribution in [2.24, 2.45) is 0 Å². The lowest BCUT2D eigenvalue weighted by Crippen LogP contribution is -2.56. The number of aromatic amines is 1. The molecular weight excluding hydrogens is 402 g/mol. The standard InChI is InChI=1S/C25H35N5O2/c1-18(25(32)26-19-6-2-3-7-19)29-14-12-28(13-15-29)17-24(31)30-11-10-23-21(16-30)20-8-4-5-9-22(20)27-23/h4-5,8-9,18-19,27H,2-3,6-7,10-17H2,1H3,(H,26,32). The van der Waals surface area contributed by atoms with E-state index in [2.05, 4.69) is 38.3 Å². The number of hydrogen-bond acceptors (Lipinski definition) is 4. The van der Waals surface area contributed by atoms with E-state index < -0.39 is 0 Å². The number of fused-ring (bicyclic) bond motifs is 3. The van der Waals surface area contributed by atoms with Gasteiger partial charge in [-0.1, -0.05) is 31.0 Å². The van der Waals surface area contributed by atoms with Crippen LogP contribution in [0.25, 0.3) is 10.9 Å². The van der Waals surface area contributed by atoms with E-state index in [4.69, 9.17) is 0 Å². The van der Waals surface area contributed by atoms with Gasteiger partial charge in [0.2, 0.25) is 11.8 Å². The second-order valence-corrected chi connectivity index (χ2v) is 9.67. The maximum Gasteiger partial charge on any atom is 0.237 e. The van der Waals surface area contributed by atoms with Crippen LogP contribution >= 0.6 is 0 Å². The van der Waals surface area contributed by atoms with Gasteiger partial charge >= 0.3 is 0 Å². The van der Waals surface area contributed by atoms with Crippen molar-refractivity contribution in [1.29, 1.82) is 0 Å². The average molecular weight is 438 g/mol. The summed E-state index contributed by atoms with van der Waals surface area (Å²) in [4.78, 5) is 35.7. The Morgan fingerprint density at radius 1 is 1.09 bits per heavy atom. The molecule has 0 spiro atoms. The lowest BCUT2D eigenvalue weighted by molar-refractivity contribution is -0.134. The number of nitrogens with zero attached hydrogens (tertiary/aromatic N) is 3. The number of benzene rings is 1. The number of carbonyl (C=O) groups is 2. The number of rotatable bonds is 5. The van der Waals surface area contributed by atoms with E-state index >= 15 is 0 Å². The van der Waals surface area contributed by atoms with Gasteiger partial charge in [-0.05, 0) is 25.8 Å². The summed E-state index contributed by atoms with van der Waals surface area (Å²) < 4.78 is 0. The molecule has 1 aliphatic carbocycles. The maximum atomic E-state index is 13.0. The zero-order valence-corrected chi connectivity index (χ0v) is 19.1. The van der Waals surface area contributed by atoms with Crippen molar-refractivity contribution in [3.63, 3.8) is 0 Å². The van der Waals surface area contributed by atoms with Gasteiger partial charge in [0.15, 0.2) is 0 Å². The van der Waals surface area contributed by atoms with Crippen LogP contribution in [0, 0.1) is 0 Å². The number of para-hydroxylation sites is 1. The Balaban J connectivity index is 1.11. The van der Waals surface area contributed by atoms with Crippen LogP contribution in [-0.4, -0.2) is 82.9 Å². The Bertz CT molecular complexity index is 972. The SMILES string of the molecule is CC(C(=O)NC1CCCC1)N1CCN(CC(=O)N2CCc3[nH]c4ccccc4c3C2)CC1. The lowest BCUT2D eigenvalue weighted by Gasteiger charge is -2.38. The molecule has 1 saturated heterocycles. The molecule has 2 aromatic rings. The van der Waals surface area contributed by atoms with Crippen molar-refractivity contribution >= 4 is 22.7 Å². The summed E-state index contributed by atoms with van der Waals surface area (Å²) in [6.07, 6.45) is 5.57. The Morgan fingerprint density at radius 2 is 1.84 bits per heavy atom. The van der Waals surface area contributed by atoms with Crippen molar-refractivity contribution in [3.8, 4) is 0 Å². The number of H-pyrrole nitrogens is 1. The number of amides is 2. The summed E-state index contributed by atoms with van der Waals surface area (Å²) in [6, 6.07) is 8.62. The molecule has 1 saturated carbocycles. The highest BCUT2D eigenvalue weighted by Crippen LogP contribution is 2.27. The van der Waals surface area contributed by atoms with Gasteiger partial charge in [0.25, 0.3) is 0 Å². The summed E-state index contributed by atoms with van der Waals surface area (Å²) in [6.45, 7) is 7.27. The zero-order chi connectivity index (χ0) is 22.1. The molecule has 1 atom stereocenters. The van der Waals surface area contributed by atoms with Crippen LogP contribution in [-0.2, 0) is 22.6 Å². The molecule has 2 fully saturated rings. The van der Waals surface area contributed by atoms with Gasteiger partial charge in [0.05, 0.1) is 12.6 Å². The third-order valence-corrected chi connectivity index (χ3v) is 7.63. The minimum absolute atomic E-state index is 0.101. The van der Waals surface area contributed by atoms with Gasteiger partial charge in [-0.15, -0.1) is 0 Å². The third kappa shape index (κ3) is 4.41. The monoisotopic (exact) mass is 437 g/mol. The van der Waals surface area contributed by atoms with Gasteiger partial charge in [-0.3, -0.25) is 19.4 Å². The molecule has 1 aromatic heterocycles. The lowest BCUT2D eigenvalue weighted by atomic mass is 10.0. The van der Waals surface area contributed by atoms with Crippen LogP contribution in [0.4, 0.5) is 0 Å². The molecule has 1 aromatic carbocycles. The number of aromatic nitrogens is 1. The predicted octanol–water partition coefficient (Wildman–Crippen LogP) is 2.12. The van der Waals surface area contributed by atoms with E-state index in [1.165, 1.54) is 29.5 Å². The minimum Gasteiger partial charge on any atom is -0.358 e. The third-order valence-electron chi connectivity index (χ3n) is 7.63. The first kappa shape index (κ1) is 21.5. The summed E-state index contributed by atoms with van der Waals surface area (Å²) in [5.74, 6) is 0.366. The molecule has 1 unspecified atom stereocenters. The maximum absolute atomic E-state index is 13.0. The number of nitrogens with one attached hydrogen (secondary N) is 2. The van der Waals surface area contributed by atoms with Crippen LogP contribution in [0.1, 0.15) is 43.9 Å². The molecule has 32 heavy (non-hydrogen) atoms. The summed E-state index contributed by atoms with van der Waals surface area (Å²) in [5.41, 5.74) is 3.70. The van der Waals surface area contributed by atoms with Crippen LogP contribution in [0.3, 0.4) is 0 Å².